The molecular formula is C21H23ClN6O2. The highest BCUT2D eigenvalue weighted by atomic mass is 35.5. The highest BCUT2D eigenvalue weighted by Crippen LogP contribution is 2.33. The lowest BCUT2D eigenvalue weighted by molar-refractivity contribution is 0.108. The summed E-state index contributed by atoms with van der Waals surface area (Å²) in [7, 11) is 0. The summed E-state index contributed by atoms with van der Waals surface area (Å²) >= 11 is 6.59. The van der Waals surface area contributed by atoms with E-state index >= 15 is 0 Å². The molecule has 0 saturated carbocycles. The molecule has 3 aromatic heterocycles. The van der Waals surface area contributed by atoms with Gasteiger partial charge >= 0.3 is 0 Å². The zero-order valence-electron chi connectivity index (χ0n) is 17.3. The van der Waals surface area contributed by atoms with Gasteiger partial charge in [-0.15, -0.1) is 5.10 Å². The average Bonchev–Trinajstić information content (AvgIpc) is 3.41. The molecule has 9 heteroatoms. The third-order valence-electron chi connectivity index (χ3n) is 5.82. The fourth-order valence-corrected chi connectivity index (χ4v) is 4.57. The minimum Gasteiger partial charge on any atom is -0.376 e. The highest BCUT2D eigenvalue weighted by molar-refractivity contribution is 6.35. The third kappa shape index (κ3) is 2.70. The number of benzene rings is 1. The van der Waals surface area contributed by atoms with Gasteiger partial charge in [0.2, 0.25) is 0 Å². The van der Waals surface area contributed by atoms with Crippen molar-refractivity contribution in [3.05, 3.63) is 51.8 Å². The Hall–Kier alpha value is -2.71. The van der Waals surface area contributed by atoms with Crippen LogP contribution in [0.25, 0.3) is 22.4 Å². The summed E-state index contributed by atoms with van der Waals surface area (Å²) in [6, 6.07) is 5.52. The Labute approximate surface area is 178 Å². The van der Waals surface area contributed by atoms with E-state index < -0.39 is 0 Å². The predicted molar refractivity (Wildman–Crippen MR) is 115 cm³/mol. The first kappa shape index (κ1) is 19.3. The third-order valence-corrected chi connectivity index (χ3v) is 6.13. The molecule has 0 radical (unpaired) electrons. The van der Waals surface area contributed by atoms with Gasteiger partial charge in [-0.2, -0.15) is 4.68 Å². The van der Waals surface area contributed by atoms with Crippen LogP contribution < -0.4 is 5.56 Å². The number of para-hydroxylation sites is 1. The number of ether oxygens (including phenoxy) is 1. The zero-order valence-corrected chi connectivity index (χ0v) is 18.1. The standard InChI is InChI=1S/C21H23ClN6O2/c1-12-14(8-9-30-12)27-17-13(22)6-5-7-15(17)26-11-23-19(18(26)20(27)29)28-16(10-24-25-28)21(2,3)4/h5-7,10-12,14H,8-9H2,1-4H3. The second-order valence-electron chi connectivity index (χ2n) is 8.78. The normalized spacial score (nSPS) is 19.9. The van der Waals surface area contributed by atoms with Crippen molar-refractivity contribution in [3.63, 3.8) is 0 Å². The number of fused-ring (bicyclic) bond motifs is 3. The summed E-state index contributed by atoms with van der Waals surface area (Å²) in [4.78, 5) is 18.5. The van der Waals surface area contributed by atoms with Gasteiger partial charge in [0.25, 0.3) is 5.56 Å². The first-order valence-electron chi connectivity index (χ1n) is 10.0. The molecule has 0 N–H and O–H groups in total. The van der Waals surface area contributed by atoms with Gasteiger partial charge in [-0.05, 0) is 25.5 Å². The molecule has 30 heavy (non-hydrogen) atoms. The van der Waals surface area contributed by atoms with Crippen LogP contribution in [0.4, 0.5) is 0 Å². The van der Waals surface area contributed by atoms with Crippen molar-refractivity contribution >= 4 is 28.2 Å². The molecule has 156 valence electrons. The Bertz CT molecular complexity index is 1330. The van der Waals surface area contributed by atoms with Crippen LogP contribution in [0.1, 0.15) is 45.9 Å². The van der Waals surface area contributed by atoms with Crippen LogP contribution in [0.5, 0.6) is 0 Å². The van der Waals surface area contributed by atoms with Crippen LogP contribution in [0.15, 0.2) is 35.5 Å². The van der Waals surface area contributed by atoms with Crippen molar-refractivity contribution in [2.45, 2.75) is 51.7 Å². The summed E-state index contributed by atoms with van der Waals surface area (Å²) < 4.78 is 11.0. The first-order valence-corrected chi connectivity index (χ1v) is 10.4. The molecule has 5 rings (SSSR count). The van der Waals surface area contributed by atoms with E-state index in [1.165, 1.54) is 0 Å². The molecule has 8 nitrogen and oxygen atoms in total. The lowest BCUT2D eigenvalue weighted by atomic mass is 9.93. The molecule has 4 heterocycles. The van der Waals surface area contributed by atoms with Gasteiger partial charge in [0.15, 0.2) is 11.3 Å². The van der Waals surface area contributed by atoms with Crippen LogP contribution >= 0.6 is 11.6 Å². The van der Waals surface area contributed by atoms with E-state index in [4.69, 9.17) is 16.3 Å². The van der Waals surface area contributed by atoms with Gasteiger partial charge < -0.3 is 4.74 Å². The molecule has 0 bridgehead atoms. The Balaban J connectivity index is 1.91. The highest BCUT2D eigenvalue weighted by Gasteiger charge is 2.31. The SMILES string of the molecule is CC1OCCC1n1c(=O)c2c(-n3nncc3C(C)(C)C)ncn2c2cccc(Cl)c21. The number of hydrogen-bond acceptors (Lipinski definition) is 5. The van der Waals surface area contributed by atoms with Crippen molar-refractivity contribution in [2.24, 2.45) is 0 Å². The molecule has 1 aliphatic rings. The number of rotatable bonds is 2. The van der Waals surface area contributed by atoms with Gasteiger partial charge in [-0.1, -0.05) is 43.7 Å². The van der Waals surface area contributed by atoms with E-state index in [2.05, 4.69) is 36.1 Å². The molecule has 0 aliphatic carbocycles. The maximum atomic E-state index is 13.9. The summed E-state index contributed by atoms with van der Waals surface area (Å²) in [6.07, 6.45) is 4.02. The molecule has 2 atom stereocenters. The fraction of sp³-hybridized carbons (Fsp3) is 0.429. The molecule has 1 fully saturated rings. The molecular weight excluding hydrogens is 404 g/mol. The van der Waals surface area contributed by atoms with Crippen molar-refractivity contribution in [1.82, 2.24) is 28.9 Å². The van der Waals surface area contributed by atoms with E-state index in [-0.39, 0.29) is 23.1 Å². The van der Waals surface area contributed by atoms with E-state index in [9.17, 15) is 4.79 Å². The Morgan fingerprint density at radius 2 is 2.03 bits per heavy atom. The number of hydrogen-bond donors (Lipinski definition) is 0. The van der Waals surface area contributed by atoms with Gasteiger partial charge in [0.05, 0.1) is 40.1 Å². The Morgan fingerprint density at radius 3 is 2.73 bits per heavy atom. The first-order chi connectivity index (χ1) is 14.3. The van der Waals surface area contributed by atoms with E-state index in [1.807, 2.05) is 19.1 Å². The Morgan fingerprint density at radius 1 is 1.23 bits per heavy atom. The largest absolute Gasteiger partial charge is 0.376 e. The minimum atomic E-state index is -0.216. The van der Waals surface area contributed by atoms with Crippen LogP contribution in [0.2, 0.25) is 5.02 Å². The van der Waals surface area contributed by atoms with Gasteiger partial charge in [-0.25, -0.2) is 4.98 Å². The lowest BCUT2D eigenvalue weighted by Crippen LogP contribution is -2.31. The van der Waals surface area contributed by atoms with Crippen molar-refractivity contribution in [3.8, 4) is 5.82 Å². The van der Waals surface area contributed by atoms with Gasteiger partial charge in [0, 0.05) is 12.0 Å². The fourth-order valence-electron chi connectivity index (χ4n) is 4.31. The molecule has 1 saturated heterocycles. The molecule has 1 aromatic carbocycles. The number of nitrogens with zero attached hydrogens (tertiary/aromatic N) is 6. The Kier molecular flexibility index (Phi) is 4.27. The van der Waals surface area contributed by atoms with Crippen LogP contribution in [-0.2, 0) is 10.2 Å². The van der Waals surface area contributed by atoms with Gasteiger partial charge in [-0.3, -0.25) is 13.8 Å². The monoisotopic (exact) mass is 426 g/mol. The van der Waals surface area contributed by atoms with Crippen molar-refractivity contribution in [1.29, 1.82) is 0 Å². The summed E-state index contributed by atoms with van der Waals surface area (Å²) in [5, 5.41) is 8.86. The maximum absolute atomic E-state index is 13.9. The molecule has 0 amide bonds. The molecule has 1 aliphatic heterocycles. The van der Waals surface area contributed by atoms with E-state index in [1.54, 1.807) is 32.2 Å². The van der Waals surface area contributed by atoms with Crippen LogP contribution in [0, 0.1) is 0 Å². The molecule has 0 spiro atoms. The summed E-state index contributed by atoms with van der Waals surface area (Å²) in [5.74, 6) is 0.463. The van der Waals surface area contributed by atoms with Crippen molar-refractivity contribution in [2.75, 3.05) is 6.61 Å². The summed E-state index contributed by atoms with van der Waals surface area (Å²) in [6.45, 7) is 8.82. The maximum Gasteiger partial charge on any atom is 0.279 e. The smallest absolute Gasteiger partial charge is 0.279 e. The number of imidazole rings is 1. The average molecular weight is 427 g/mol. The van der Waals surface area contributed by atoms with E-state index in [0.717, 1.165) is 17.6 Å². The van der Waals surface area contributed by atoms with Crippen LogP contribution in [-0.4, -0.2) is 41.7 Å². The van der Waals surface area contributed by atoms with Crippen molar-refractivity contribution < 1.29 is 4.74 Å². The zero-order chi connectivity index (χ0) is 21.2. The van der Waals surface area contributed by atoms with Gasteiger partial charge in [0.1, 0.15) is 6.33 Å². The second kappa shape index (κ2) is 6.65. The predicted octanol–water partition coefficient (Wildman–Crippen LogP) is 3.53. The quantitative estimate of drug-likeness (QED) is 0.490. The second-order valence-corrected chi connectivity index (χ2v) is 9.19. The topological polar surface area (TPSA) is 79.2 Å². The molecule has 4 aromatic rings. The number of aromatic nitrogens is 6. The minimum absolute atomic E-state index is 0.0903. The summed E-state index contributed by atoms with van der Waals surface area (Å²) in [5.41, 5.74) is 2.44. The van der Waals surface area contributed by atoms with Crippen LogP contribution in [0.3, 0.4) is 0 Å². The molecule has 2 unspecified atom stereocenters. The van der Waals surface area contributed by atoms with E-state index in [0.29, 0.717) is 28.5 Å². The number of halogens is 1. The lowest BCUT2D eigenvalue weighted by Gasteiger charge is -2.22.